The highest BCUT2D eigenvalue weighted by atomic mass is 35.5. The Morgan fingerprint density at radius 3 is 2.52 bits per heavy atom. The Hall–Kier alpha value is -2.00. The van der Waals surface area contributed by atoms with Gasteiger partial charge in [-0.05, 0) is 42.3 Å². The molecule has 0 atom stereocenters. The predicted octanol–water partition coefficient (Wildman–Crippen LogP) is 4.59. The van der Waals surface area contributed by atoms with Crippen LogP contribution in [0.1, 0.15) is 13.8 Å². The molecular formula is C17H18ClN3. The van der Waals surface area contributed by atoms with E-state index in [9.17, 15) is 0 Å². The molecule has 3 aromatic rings. The monoisotopic (exact) mass is 299 g/mol. The fourth-order valence-electron chi connectivity index (χ4n) is 2.54. The summed E-state index contributed by atoms with van der Waals surface area (Å²) in [6.07, 6.45) is 0. The lowest BCUT2D eigenvalue weighted by molar-refractivity contribution is 0.536. The molecule has 1 heterocycles. The second-order valence-electron chi connectivity index (χ2n) is 5.66. The number of fused-ring (bicyclic) bond motifs is 1. The van der Waals surface area contributed by atoms with Crippen molar-refractivity contribution in [1.29, 1.82) is 0 Å². The molecule has 3 rings (SSSR count). The molecule has 0 aliphatic rings. The number of nitrogen functional groups attached to an aromatic ring is 1. The van der Waals surface area contributed by atoms with Gasteiger partial charge in [-0.3, -0.25) is 0 Å². The number of para-hydroxylation sites is 1. The fourth-order valence-corrected chi connectivity index (χ4v) is 2.66. The maximum absolute atomic E-state index is 6.07. The zero-order valence-corrected chi connectivity index (χ0v) is 12.9. The molecule has 0 unspecified atom stereocenters. The van der Waals surface area contributed by atoms with E-state index in [-0.39, 0.29) is 0 Å². The number of aromatic nitrogens is 2. The maximum atomic E-state index is 6.07. The molecule has 1 aromatic heterocycles. The first-order valence-corrected chi connectivity index (χ1v) is 7.44. The molecule has 0 fully saturated rings. The number of hydrogen-bond acceptors (Lipinski definition) is 2. The van der Waals surface area contributed by atoms with Crippen molar-refractivity contribution in [2.45, 2.75) is 20.4 Å². The lowest BCUT2D eigenvalue weighted by Gasteiger charge is -2.12. The zero-order chi connectivity index (χ0) is 15.0. The van der Waals surface area contributed by atoms with E-state index in [4.69, 9.17) is 22.3 Å². The minimum atomic E-state index is 0.523. The third kappa shape index (κ3) is 2.61. The van der Waals surface area contributed by atoms with E-state index in [0.29, 0.717) is 11.6 Å². The molecule has 0 amide bonds. The molecular weight excluding hydrogens is 282 g/mol. The lowest BCUT2D eigenvalue weighted by atomic mass is 10.2. The van der Waals surface area contributed by atoms with Crippen LogP contribution in [0.2, 0.25) is 5.02 Å². The van der Waals surface area contributed by atoms with Crippen LogP contribution in [0.25, 0.3) is 22.4 Å². The smallest absolute Gasteiger partial charge is 0.141 e. The van der Waals surface area contributed by atoms with Crippen LogP contribution in [0.5, 0.6) is 0 Å². The first-order valence-electron chi connectivity index (χ1n) is 7.07. The van der Waals surface area contributed by atoms with Crippen molar-refractivity contribution in [2.24, 2.45) is 5.92 Å². The van der Waals surface area contributed by atoms with Crippen LogP contribution in [0.4, 0.5) is 5.69 Å². The highest BCUT2D eigenvalue weighted by Crippen LogP contribution is 2.29. The Bertz CT molecular complexity index is 773. The van der Waals surface area contributed by atoms with Gasteiger partial charge in [-0.25, -0.2) is 4.98 Å². The second-order valence-corrected chi connectivity index (χ2v) is 6.10. The number of rotatable bonds is 3. The topological polar surface area (TPSA) is 43.8 Å². The van der Waals surface area contributed by atoms with E-state index in [1.807, 2.05) is 36.4 Å². The normalized spacial score (nSPS) is 11.4. The number of benzene rings is 2. The number of nitrogens with zero attached hydrogens (tertiary/aromatic N) is 2. The summed E-state index contributed by atoms with van der Waals surface area (Å²) < 4.78 is 2.24. The highest BCUT2D eigenvalue weighted by molar-refractivity contribution is 6.30. The maximum Gasteiger partial charge on any atom is 0.141 e. The standard InChI is InChI=1S/C17H18ClN3/c1-11(2)10-21-15-5-3-4-14(19)16(15)20-17(21)12-6-8-13(18)9-7-12/h3-9,11H,10,19H2,1-2H3. The molecule has 0 aliphatic heterocycles. The minimum Gasteiger partial charge on any atom is -0.397 e. The van der Waals surface area contributed by atoms with Gasteiger partial charge in [0.2, 0.25) is 0 Å². The molecule has 0 aliphatic carbocycles. The Morgan fingerprint density at radius 2 is 1.86 bits per heavy atom. The van der Waals surface area contributed by atoms with Crippen LogP contribution < -0.4 is 5.73 Å². The molecule has 0 bridgehead atoms. The number of hydrogen-bond donors (Lipinski definition) is 1. The van der Waals surface area contributed by atoms with E-state index < -0.39 is 0 Å². The molecule has 0 radical (unpaired) electrons. The van der Waals surface area contributed by atoms with Crippen molar-refractivity contribution < 1.29 is 0 Å². The van der Waals surface area contributed by atoms with E-state index in [1.54, 1.807) is 0 Å². The first kappa shape index (κ1) is 14.0. The third-order valence-corrected chi connectivity index (χ3v) is 3.71. The number of nitrogens with two attached hydrogens (primary N) is 1. The highest BCUT2D eigenvalue weighted by Gasteiger charge is 2.15. The van der Waals surface area contributed by atoms with Crippen molar-refractivity contribution in [3.63, 3.8) is 0 Å². The van der Waals surface area contributed by atoms with Crippen molar-refractivity contribution in [3.8, 4) is 11.4 Å². The Labute approximate surface area is 129 Å². The Morgan fingerprint density at radius 1 is 1.14 bits per heavy atom. The van der Waals surface area contributed by atoms with Gasteiger partial charge in [0.1, 0.15) is 11.3 Å². The summed E-state index contributed by atoms with van der Waals surface area (Å²) in [4.78, 5) is 4.76. The van der Waals surface area contributed by atoms with E-state index in [2.05, 4.69) is 24.5 Å². The van der Waals surface area contributed by atoms with E-state index in [0.717, 1.165) is 34.0 Å². The van der Waals surface area contributed by atoms with Crippen LogP contribution in [-0.4, -0.2) is 9.55 Å². The lowest BCUT2D eigenvalue weighted by Crippen LogP contribution is -2.06. The minimum absolute atomic E-state index is 0.523. The summed E-state index contributed by atoms with van der Waals surface area (Å²) in [5.41, 5.74) is 9.78. The molecule has 3 nitrogen and oxygen atoms in total. The van der Waals surface area contributed by atoms with Gasteiger partial charge in [0.15, 0.2) is 0 Å². The average molecular weight is 300 g/mol. The Balaban J connectivity index is 2.25. The average Bonchev–Trinajstić information content (AvgIpc) is 2.80. The van der Waals surface area contributed by atoms with Gasteiger partial charge in [-0.15, -0.1) is 0 Å². The van der Waals surface area contributed by atoms with Crippen molar-refractivity contribution >= 4 is 28.3 Å². The molecule has 0 spiro atoms. The summed E-state index contributed by atoms with van der Waals surface area (Å²) in [5, 5.41) is 0.727. The molecule has 0 saturated carbocycles. The van der Waals surface area contributed by atoms with Gasteiger partial charge in [0.05, 0.1) is 11.2 Å². The molecule has 0 saturated heterocycles. The molecule has 21 heavy (non-hydrogen) atoms. The number of imidazole rings is 1. The quantitative estimate of drug-likeness (QED) is 0.719. The molecule has 108 valence electrons. The van der Waals surface area contributed by atoms with Crippen LogP contribution in [-0.2, 0) is 6.54 Å². The van der Waals surface area contributed by atoms with Gasteiger partial charge in [-0.2, -0.15) is 0 Å². The van der Waals surface area contributed by atoms with Gasteiger partial charge in [-0.1, -0.05) is 31.5 Å². The fraction of sp³-hybridized carbons (Fsp3) is 0.235. The van der Waals surface area contributed by atoms with Crippen molar-refractivity contribution in [2.75, 3.05) is 5.73 Å². The van der Waals surface area contributed by atoms with Gasteiger partial charge in [0.25, 0.3) is 0 Å². The molecule has 2 aromatic carbocycles. The number of halogens is 1. The Kier molecular flexibility index (Phi) is 3.60. The van der Waals surface area contributed by atoms with E-state index >= 15 is 0 Å². The SMILES string of the molecule is CC(C)Cn1c(-c2ccc(Cl)cc2)nc2c(N)cccc21. The summed E-state index contributed by atoms with van der Waals surface area (Å²) in [6.45, 7) is 5.30. The molecule has 4 heteroatoms. The van der Waals surface area contributed by atoms with Crippen molar-refractivity contribution in [1.82, 2.24) is 9.55 Å². The third-order valence-electron chi connectivity index (χ3n) is 3.46. The van der Waals surface area contributed by atoms with Gasteiger partial charge < -0.3 is 10.3 Å². The zero-order valence-electron chi connectivity index (χ0n) is 12.2. The largest absolute Gasteiger partial charge is 0.397 e. The summed E-state index contributed by atoms with van der Waals surface area (Å²) >= 11 is 5.98. The van der Waals surface area contributed by atoms with Gasteiger partial charge in [0, 0.05) is 17.1 Å². The van der Waals surface area contributed by atoms with Crippen molar-refractivity contribution in [3.05, 3.63) is 47.5 Å². The summed E-state index contributed by atoms with van der Waals surface area (Å²) in [5.74, 6) is 1.46. The first-order chi connectivity index (χ1) is 10.1. The van der Waals surface area contributed by atoms with Crippen LogP contribution >= 0.6 is 11.6 Å². The molecule has 2 N–H and O–H groups in total. The second kappa shape index (κ2) is 5.41. The summed E-state index contributed by atoms with van der Waals surface area (Å²) in [7, 11) is 0. The van der Waals surface area contributed by atoms with Gasteiger partial charge >= 0.3 is 0 Å². The summed E-state index contributed by atoms with van der Waals surface area (Å²) in [6, 6.07) is 13.7. The number of anilines is 1. The van der Waals surface area contributed by atoms with Crippen LogP contribution in [0.15, 0.2) is 42.5 Å². The van der Waals surface area contributed by atoms with Crippen LogP contribution in [0, 0.1) is 5.92 Å². The van der Waals surface area contributed by atoms with E-state index in [1.165, 1.54) is 0 Å². The predicted molar refractivity (Wildman–Crippen MR) is 89.4 cm³/mol. The van der Waals surface area contributed by atoms with Crippen LogP contribution in [0.3, 0.4) is 0 Å².